The quantitative estimate of drug-likeness (QED) is 0.634. The van der Waals surface area contributed by atoms with Crippen molar-refractivity contribution in [1.82, 2.24) is 5.32 Å². The molecule has 0 aromatic heterocycles. The molecule has 138 valence electrons. The number of carbonyl (C=O) groups excluding carboxylic acids is 1. The first kappa shape index (κ1) is 23.0. The average Bonchev–Trinajstić information content (AvgIpc) is 2.51. The summed E-state index contributed by atoms with van der Waals surface area (Å²) in [5.41, 5.74) is 6.26. The first-order valence-electron chi connectivity index (χ1n) is 7.94. The van der Waals surface area contributed by atoms with Gasteiger partial charge in [0.25, 0.3) is 5.91 Å². The first-order chi connectivity index (χ1) is 10.9. The standard InChI is InChI=1S/C17H27BrN2O3.ClH/c1-5-6-23-16-14(18)8-12(9-15(16)22-4)17(21)20-13(10-19)7-11(2)3;/h8-9,11,13H,5-7,10,19H2,1-4H3,(H,20,21);1H. The summed E-state index contributed by atoms with van der Waals surface area (Å²) in [6.45, 7) is 7.25. The number of amides is 1. The Morgan fingerprint density at radius 2 is 2.04 bits per heavy atom. The Balaban J connectivity index is 0.00000529. The molecule has 0 fully saturated rings. The van der Waals surface area contributed by atoms with E-state index < -0.39 is 0 Å². The topological polar surface area (TPSA) is 73.6 Å². The van der Waals surface area contributed by atoms with Crippen LogP contribution >= 0.6 is 28.3 Å². The smallest absolute Gasteiger partial charge is 0.251 e. The second-order valence-electron chi connectivity index (χ2n) is 5.87. The number of hydrogen-bond donors (Lipinski definition) is 2. The number of nitrogens with two attached hydrogens (primary N) is 1. The van der Waals surface area contributed by atoms with Crippen molar-refractivity contribution in [1.29, 1.82) is 0 Å². The summed E-state index contributed by atoms with van der Waals surface area (Å²) in [7, 11) is 1.56. The second kappa shape index (κ2) is 11.6. The van der Waals surface area contributed by atoms with Crippen LogP contribution in [-0.2, 0) is 0 Å². The van der Waals surface area contributed by atoms with Crippen LogP contribution in [0.25, 0.3) is 0 Å². The number of methoxy groups -OCH3 is 1. The van der Waals surface area contributed by atoms with Gasteiger partial charge in [0.2, 0.25) is 0 Å². The van der Waals surface area contributed by atoms with E-state index in [1.165, 1.54) is 0 Å². The molecule has 0 saturated carbocycles. The number of carbonyl (C=O) groups is 1. The lowest BCUT2D eigenvalue weighted by Gasteiger charge is -2.19. The Labute approximate surface area is 159 Å². The number of rotatable bonds is 9. The molecule has 7 heteroatoms. The predicted molar refractivity (Wildman–Crippen MR) is 103 cm³/mol. The molecule has 1 unspecified atom stereocenters. The van der Waals surface area contributed by atoms with E-state index in [9.17, 15) is 4.79 Å². The highest BCUT2D eigenvalue weighted by molar-refractivity contribution is 9.10. The van der Waals surface area contributed by atoms with Crippen LogP contribution in [0.5, 0.6) is 11.5 Å². The van der Waals surface area contributed by atoms with Gasteiger partial charge in [0, 0.05) is 18.2 Å². The van der Waals surface area contributed by atoms with Gasteiger partial charge in [-0.3, -0.25) is 4.79 Å². The van der Waals surface area contributed by atoms with Gasteiger partial charge in [-0.2, -0.15) is 0 Å². The third-order valence-electron chi connectivity index (χ3n) is 3.32. The van der Waals surface area contributed by atoms with Gasteiger partial charge in [-0.15, -0.1) is 12.4 Å². The van der Waals surface area contributed by atoms with Crippen LogP contribution in [0.15, 0.2) is 16.6 Å². The van der Waals surface area contributed by atoms with Crippen LogP contribution in [0.4, 0.5) is 0 Å². The van der Waals surface area contributed by atoms with E-state index >= 15 is 0 Å². The third-order valence-corrected chi connectivity index (χ3v) is 3.91. The molecule has 0 bridgehead atoms. The van der Waals surface area contributed by atoms with E-state index in [0.717, 1.165) is 12.8 Å². The second-order valence-corrected chi connectivity index (χ2v) is 6.73. The van der Waals surface area contributed by atoms with Crippen molar-refractivity contribution in [3.63, 3.8) is 0 Å². The average molecular weight is 424 g/mol. The molecule has 3 N–H and O–H groups in total. The molecule has 1 rings (SSSR count). The number of hydrogen-bond acceptors (Lipinski definition) is 4. The highest BCUT2D eigenvalue weighted by atomic mass is 79.9. The van der Waals surface area contributed by atoms with E-state index in [-0.39, 0.29) is 24.4 Å². The number of benzene rings is 1. The molecule has 1 aromatic carbocycles. The molecule has 0 saturated heterocycles. The maximum atomic E-state index is 12.5. The van der Waals surface area contributed by atoms with Gasteiger partial charge in [0.15, 0.2) is 11.5 Å². The maximum absolute atomic E-state index is 12.5. The van der Waals surface area contributed by atoms with Gasteiger partial charge in [-0.25, -0.2) is 0 Å². The van der Waals surface area contributed by atoms with Crippen molar-refractivity contribution in [2.24, 2.45) is 11.7 Å². The molecule has 0 aliphatic carbocycles. The summed E-state index contributed by atoms with van der Waals surface area (Å²) in [5, 5.41) is 2.97. The minimum atomic E-state index is -0.165. The van der Waals surface area contributed by atoms with Gasteiger partial charge < -0.3 is 20.5 Å². The van der Waals surface area contributed by atoms with Crippen molar-refractivity contribution in [3.8, 4) is 11.5 Å². The highest BCUT2D eigenvalue weighted by Gasteiger charge is 2.18. The Hall–Kier alpha value is -0.980. The zero-order chi connectivity index (χ0) is 17.4. The third kappa shape index (κ3) is 6.87. The lowest BCUT2D eigenvalue weighted by Crippen LogP contribution is -2.41. The van der Waals surface area contributed by atoms with E-state index in [1.54, 1.807) is 19.2 Å². The summed E-state index contributed by atoms with van der Waals surface area (Å²) in [6, 6.07) is 3.39. The Morgan fingerprint density at radius 1 is 1.38 bits per heavy atom. The lowest BCUT2D eigenvalue weighted by atomic mass is 10.0. The van der Waals surface area contributed by atoms with E-state index in [2.05, 4.69) is 35.1 Å². The molecule has 5 nitrogen and oxygen atoms in total. The summed E-state index contributed by atoms with van der Waals surface area (Å²) < 4.78 is 11.7. The molecule has 0 aliphatic heterocycles. The van der Waals surface area contributed by atoms with Crippen molar-refractivity contribution < 1.29 is 14.3 Å². The fraction of sp³-hybridized carbons (Fsp3) is 0.588. The van der Waals surface area contributed by atoms with Gasteiger partial charge in [0.05, 0.1) is 18.2 Å². The molecule has 0 heterocycles. The number of nitrogens with one attached hydrogen (secondary N) is 1. The fourth-order valence-corrected chi connectivity index (χ4v) is 2.80. The zero-order valence-electron chi connectivity index (χ0n) is 14.7. The van der Waals surface area contributed by atoms with Gasteiger partial charge in [-0.1, -0.05) is 20.8 Å². The van der Waals surface area contributed by atoms with Crippen LogP contribution in [0.2, 0.25) is 0 Å². The molecular formula is C17H28BrClN2O3. The summed E-state index contributed by atoms with van der Waals surface area (Å²) in [6.07, 6.45) is 1.74. The van der Waals surface area contributed by atoms with Crippen molar-refractivity contribution >= 4 is 34.2 Å². The van der Waals surface area contributed by atoms with E-state index in [4.69, 9.17) is 15.2 Å². The molecule has 0 aliphatic rings. The Morgan fingerprint density at radius 3 is 2.54 bits per heavy atom. The minimum absolute atomic E-state index is 0. The summed E-state index contributed by atoms with van der Waals surface area (Å²) in [5.74, 6) is 1.45. The van der Waals surface area contributed by atoms with Crippen LogP contribution < -0.4 is 20.5 Å². The summed E-state index contributed by atoms with van der Waals surface area (Å²) >= 11 is 3.45. The molecule has 1 amide bonds. The zero-order valence-corrected chi connectivity index (χ0v) is 17.1. The maximum Gasteiger partial charge on any atom is 0.251 e. The molecular weight excluding hydrogens is 396 g/mol. The van der Waals surface area contributed by atoms with Crippen LogP contribution in [0, 0.1) is 5.92 Å². The van der Waals surface area contributed by atoms with Crippen molar-refractivity contribution in [2.45, 2.75) is 39.7 Å². The van der Waals surface area contributed by atoms with Crippen LogP contribution in [0.1, 0.15) is 44.0 Å². The predicted octanol–water partition coefficient (Wildman–Crippen LogP) is 3.77. The number of ether oxygens (including phenoxy) is 2. The summed E-state index contributed by atoms with van der Waals surface area (Å²) in [4.78, 5) is 12.5. The number of halogens is 2. The molecule has 1 atom stereocenters. The molecule has 0 radical (unpaired) electrons. The SMILES string of the molecule is CCCOc1c(Br)cc(C(=O)NC(CN)CC(C)C)cc1OC.Cl. The van der Waals surface area contributed by atoms with E-state index in [0.29, 0.717) is 40.6 Å². The minimum Gasteiger partial charge on any atom is -0.493 e. The lowest BCUT2D eigenvalue weighted by molar-refractivity contribution is 0.0933. The molecule has 0 spiro atoms. The van der Waals surface area contributed by atoms with Gasteiger partial charge in [-0.05, 0) is 46.8 Å². The van der Waals surface area contributed by atoms with Crippen LogP contribution in [-0.4, -0.2) is 32.2 Å². The Kier molecular flexibility index (Phi) is 11.1. The largest absolute Gasteiger partial charge is 0.493 e. The molecule has 1 aromatic rings. The fourth-order valence-electron chi connectivity index (χ4n) is 2.25. The van der Waals surface area contributed by atoms with Gasteiger partial charge >= 0.3 is 0 Å². The molecule has 24 heavy (non-hydrogen) atoms. The normalized spacial score (nSPS) is 11.6. The van der Waals surface area contributed by atoms with Gasteiger partial charge in [0.1, 0.15) is 0 Å². The first-order valence-corrected chi connectivity index (χ1v) is 8.73. The monoisotopic (exact) mass is 422 g/mol. The Bertz CT molecular complexity index is 527. The van der Waals surface area contributed by atoms with Crippen molar-refractivity contribution in [3.05, 3.63) is 22.2 Å². The highest BCUT2D eigenvalue weighted by Crippen LogP contribution is 2.36. The van der Waals surface area contributed by atoms with Crippen molar-refractivity contribution in [2.75, 3.05) is 20.3 Å². The van der Waals surface area contributed by atoms with E-state index in [1.807, 2.05) is 6.92 Å². The van der Waals surface area contributed by atoms with Crippen LogP contribution in [0.3, 0.4) is 0 Å².